The molecule has 1 fully saturated rings. The van der Waals surface area contributed by atoms with Crippen molar-refractivity contribution in [2.75, 3.05) is 18.6 Å². The second kappa shape index (κ2) is 7.58. The SMILES string of the molecule is COC(=O)c1ccc(OC(=O)c2ccc(Cl)c(N3CCCC3=O)c2)cc1. The number of carbonyl (C=O) groups is 3. The molecule has 6 nitrogen and oxygen atoms in total. The van der Waals surface area contributed by atoms with Crippen molar-refractivity contribution >= 4 is 35.1 Å². The minimum atomic E-state index is -0.583. The summed E-state index contributed by atoms with van der Waals surface area (Å²) in [6.45, 7) is 0.575. The summed E-state index contributed by atoms with van der Waals surface area (Å²) in [7, 11) is 1.29. The predicted octanol–water partition coefficient (Wildman–Crippen LogP) is 3.47. The number of hydrogen-bond donors (Lipinski definition) is 0. The van der Waals surface area contributed by atoms with Crippen molar-refractivity contribution in [1.82, 2.24) is 0 Å². The summed E-state index contributed by atoms with van der Waals surface area (Å²) in [5.41, 5.74) is 1.14. The number of nitrogens with zero attached hydrogens (tertiary/aromatic N) is 1. The zero-order chi connectivity index (χ0) is 18.7. The van der Waals surface area contributed by atoms with Gasteiger partial charge in [-0.3, -0.25) is 4.79 Å². The van der Waals surface area contributed by atoms with Crippen molar-refractivity contribution in [3.05, 3.63) is 58.6 Å². The van der Waals surface area contributed by atoms with Crippen LogP contribution >= 0.6 is 11.6 Å². The lowest BCUT2D eigenvalue weighted by molar-refractivity contribution is -0.117. The van der Waals surface area contributed by atoms with Gasteiger partial charge in [0.1, 0.15) is 5.75 Å². The molecule has 1 aliphatic rings. The molecule has 7 heteroatoms. The maximum absolute atomic E-state index is 12.4. The first-order valence-electron chi connectivity index (χ1n) is 8.00. The number of carbonyl (C=O) groups excluding carboxylic acids is 3. The van der Waals surface area contributed by atoms with Crippen LogP contribution in [-0.4, -0.2) is 31.5 Å². The average molecular weight is 374 g/mol. The summed E-state index contributed by atoms with van der Waals surface area (Å²) in [5, 5.41) is 0.402. The van der Waals surface area contributed by atoms with Crippen LogP contribution in [0.25, 0.3) is 0 Å². The second-order valence-electron chi connectivity index (χ2n) is 5.72. The van der Waals surface area contributed by atoms with Crippen molar-refractivity contribution in [1.29, 1.82) is 0 Å². The summed E-state index contributed by atoms with van der Waals surface area (Å²) in [6, 6.07) is 10.7. The van der Waals surface area contributed by atoms with Crippen molar-refractivity contribution in [2.45, 2.75) is 12.8 Å². The largest absolute Gasteiger partial charge is 0.465 e. The third kappa shape index (κ3) is 3.70. The molecule has 0 saturated carbocycles. The van der Waals surface area contributed by atoms with Gasteiger partial charge in [-0.1, -0.05) is 11.6 Å². The normalized spacial score (nSPS) is 13.6. The highest BCUT2D eigenvalue weighted by Gasteiger charge is 2.24. The minimum Gasteiger partial charge on any atom is -0.465 e. The van der Waals surface area contributed by atoms with Crippen molar-refractivity contribution < 1.29 is 23.9 Å². The number of ether oxygens (including phenoxy) is 2. The van der Waals surface area contributed by atoms with E-state index < -0.39 is 11.9 Å². The molecule has 2 aromatic rings. The Morgan fingerprint density at radius 2 is 1.73 bits per heavy atom. The first-order valence-corrected chi connectivity index (χ1v) is 8.38. The highest BCUT2D eigenvalue weighted by Crippen LogP contribution is 2.30. The van der Waals surface area contributed by atoms with Gasteiger partial charge in [-0.2, -0.15) is 0 Å². The maximum Gasteiger partial charge on any atom is 0.343 e. The van der Waals surface area contributed by atoms with E-state index in [4.69, 9.17) is 16.3 Å². The third-order valence-electron chi connectivity index (χ3n) is 4.03. The zero-order valence-electron chi connectivity index (χ0n) is 14.0. The van der Waals surface area contributed by atoms with Gasteiger partial charge >= 0.3 is 11.9 Å². The standard InChI is InChI=1S/C19H16ClNO5/c1-25-18(23)12-4-7-14(8-5-12)26-19(24)13-6-9-15(20)16(11-13)21-10-2-3-17(21)22/h4-9,11H,2-3,10H2,1H3. The van der Waals surface area contributed by atoms with E-state index in [0.717, 1.165) is 6.42 Å². The van der Waals surface area contributed by atoms with Gasteiger partial charge in [0.25, 0.3) is 0 Å². The Labute approximate surface area is 155 Å². The van der Waals surface area contributed by atoms with E-state index in [1.165, 1.54) is 37.4 Å². The molecule has 0 N–H and O–H groups in total. The summed E-state index contributed by atoms with van der Waals surface area (Å²) < 4.78 is 9.93. The molecule has 1 aliphatic heterocycles. The summed E-state index contributed by atoms with van der Waals surface area (Å²) >= 11 is 6.18. The van der Waals surface area contributed by atoms with E-state index in [-0.39, 0.29) is 17.2 Å². The van der Waals surface area contributed by atoms with Gasteiger partial charge < -0.3 is 14.4 Å². The van der Waals surface area contributed by atoms with Crippen LogP contribution in [-0.2, 0) is 9.53 Å². The van der Waals surface area contributed by atoms with E-state index in [2.05, 4.69) is 4.74 Å². The first kappa shape index (κ1) is 17.9. The van der Waals surface area contributed by atoms with Crippen molar-refractivity contribution in [2.24, 2.45) is 0 Å². The van der Waals surface area contributed by atoms with Crippen LogP contribution in [0.3, 0.4) is 0 Å². The third-order valence-corrected chi connectivity index (χ3v) is 4.35. The lowest BCUT2D eigenvalue weighted by Crippen LogP contribution is -2.24. The number of anilines is 1. The van der Waals surface area contributed by atoms with Crippen LogP contribution in [0.15, 0.2) is 42.5 Å². The zero-order valence-corrected chi connectivity index (χ0v) is 14.8. The second-order valence-corrected chi connectivity index (χ2v) is 6.13. The Morgan fingerprint density at radius 3 is 2.35 bits per heavy atom. The quantitative estimate of drug-likeness (QED) is 0.606. The van der Waals surface area contributed by atoms with Crippen LogP contribution in [0.1, 0.15) is 33.6 Å². The molecule has 0 unspecified atom stereocenters. The molecule has 0 radical (unpaired) electrons. The molecule has 0 aromatic heterocycles. The molecule has 134 valence electrons. The Morgan fingerprint density at radius 1 is 1.04 bits per heavy atom. The van der Waals surface area contributed by atoms with E-state index >= 15 is 0 Å². The summed E-state index contributed by atoms with van der Waals surface area (Å²) in [4.78, 5) is 37.3. The lowest BCUT2D eigenvalue weighted by atomic mass is 10.2. The van der Waals surface area contributed by atoms with Gasteiger partial charge in [-0.15, -0.1) is 0 Å². The number of rotatable bonds is 4. The fraction of sp³-hybridized carbons (Fsp3) is 0.211. The molecule has 1 amide bonds. The molecule has 0 atom stereocenters. The predicted molar refractivity (Wildman–Crippen MR) is 95.8 cm³/mol. The van der Waals surface area contributed by atoms with Gasteiger partial charge in [0, 0.05) is 13.0 Å². The lowest BCUT2D eigenvalue weighted by Gasteiger charge is -2.18. The Kier molecular flexibility index (Phi) is 5.23. The Balaban J connectivity index is 1.77. The number of hydrogen-bond acceptors (Lipinski definition) is 5. The van der Waals surface area contributed by atoms with Crippen molar-refractivity contribution in [3.8, 4) is 5.75 Å². The highest BCUT2D eigenvalue weighted by atomic mass is 35.5. The van der Waals surface area contributed by atoms with E-state index in [1.54, 1.807) is 17.0 Å². The van der Waals surface area contributed by atoms with E-state index in [1.807, 2.05) is 0 Å². The van der Waals surface area contributed by atoms with Gasteiger partial charge in [0.15, 0.2) is 0 Å². The number of esters is 2. The molecule has 0 spiro atoms. The first-order chi connectivity index (χ1) is 12.5. The molecule has 0 bridgehead atoms. The molecule has 1 heterocycles. The monoisotopic (exact) mass is 373 g/mol. The molecule has 26 heavy (non-hydrogen) atoms. The molecular weight excluding hydrogens is 358 g/mol. The van der Waals surface area contributed by atoms with Crippen LogP contribution in [0, 0.1) is 0 Å². The molecule has 2 aromatic carbocycles. The van der Waals surface area contributed by atoms with Gasteiger partial charge in [-0.05, 0) is 48.9 Å². The minimum absolute atomic E-state index is 0.0178. The fourth-order valence-electron chi connectivity index (χ4n) is 2.69. The topological polar surface area (TPSA) is 72.9 Å². The van der Waals surface area contributed by atoms with Crippen LogP contribution in [0.5, 0.6) is 5.75 Å². The Bertz CT molecular complexity index is 863. The molecule has 0 aliphatic carbocycles. The number of benzene rings is 2. The van der Waals surface area contributed by atoms with Crippen LogP contribution in [0.2, 0.25) is 5.02 Å². The highest BCUT2D eigenvalue weighted by molar-refractivity contribution is 6.34. The number of methoxy groups -OCH3 is 1. The number of amides is 1. The molecule has 1 saturated heterocycles. The molecular formula is C19H16ClNO5. The Hall–Kier alpha value is -2.86. The van der Waals surface area contributed by atoms with Gasteiger partial charge in [-0.25, -0.2) is 9.59 Å². The van der Waals surface area contributed by atoms with E-state index in [0.29, 0.717) is 29.2 Å². The number of halogens is 1. The summed E-state index contributed by atoms with van der Waals surface area (Å²) in [6.07, 6.45) is 1.23. The molecule has 3 rings (SSSR count). The van der Waals surface area contributed by atoms with Gasteiger partial charge in [0.2, 0.25) is 5.91 Å². The smallest absolute Gasteiger partial charge is 0.343 e. The van der Waals surface area contributed by atoms with Crippen molar-refractivity contribution in [3.63, 3.8) is 0 Å². The van der Waals surface area contributed by atoms with Crippen LogP contribution < -0.4 is 9.64 Å². The van der Waals surface area contributed by atoms with Gasteiger partial charge in [0.05, 0.1) is 28.9 Å². The fourth-order valence-corrected chi connectivity index (χ4v) is 2.91. The van der Waals surface area contributed by atoms with E-state index in [9.17, 15) is 14.4 Å². The average Bonchev–Trinajstić information content (AvgIpc) is 3.07. The maximum atomic E-state index is 12.4. The van der Waals surface area contributed by atoms with Crippen LogP contribution in [0.4, 0.5) is 5.69 Å². The summed E-state index contributed by atoms with van der Waals surface area (Å²) in [5.74, 6) is -0.784.